The number of nitrogens with zero attached hydrogens (tertiary/aromatic N) is 4. The molecule has 0 aliphatic rings. The van der Waals surface area contributed by atoms with Crippen LogP contribution in [0.25, 0.3) is 0 Å². The van der Waals surface area contributed by atoms with Gasteiger partial charge < -0.3 is 5.32 Å². The largest absolute Gasteiger partial charge is 0.433 e. The average Bonchev–Trinajstić information content (AvgIpc) is 2.70. The standard InChI is InChI=1S/C18H12F3N5O5/c19-18(20,21)15-9-16(27)24(10-11-4-2-1-3-5-11)17(23-15)22-13-7-6-12(25(28)29)8-14(13)26(30)31/h1-9H,10H2,(H,22,23). The molecule has 0 saturated carbocycles. The van der Waals surface area contributed by atoms with Crippen molar-refractivity contribution in [2.24, 2.45) is 0 Å². The number of rotatable bonds is 6. The van der Waals surface area contributed by atoms with E-state index in [-0.39, 0.29) is 12.2 Å². The highest BCUT2D eigenvalue weighted by atomic mass is 19.4. The monoisotopic (exact) mass is 435 g/mol. The van der Waals surface area contributed by atoms with Crippen molar-refractivity contribution in [3.63, 3.8) is 0 Å². The Morgan fingerprint density at radius 2 is 1.68 bits per heavy atom. The van der Waals surface area contributed by atoms with Crippen LogP contribution < -0.4 is 10.9 Å². The molecule has 1 N–H and O–H groups in total. The Bertz CT molecular complexity index is 1210. The summed E-state index contributed by atoms with van der Waals surface area (Å²) in [6.45, 7) is -0.173. The van der Waals surface area contributed by atoms with Gasteiger partial charge in [-0.2, -0.15) is 13.2 Å². The van der Waals surface area contributed by atoms with Crippen molar-refractivity contribution in [1.29, 1.82) is 0 Å². The number of nitro groups is 2. The molecule has 13 heteroatoms. The van der Waals surface area contributed by atoms with Gasteiger partial charge in [-0.15, -0.1) is 0 Å². The van der Waals surface area contributed by atoms with Crippen molar-refractivity contribution in [3.05, 3.63) is 96.4 Å². The maximum Gasteiger partial charge on any atom is 0.433 e. The van der Waals surface area contributed by atoms with Crippen LogP contribution in [-0.2, 0) is 12.7 Å². The molecule has 31 heavy (non-hydrogen) atoms. The Hall–Kier alpha value is -4.29. The van der Waals surface area contributed by atoms with Gasteiger partial charge in [0.25, 0.3) is 16.9 Å². The second-order valence-corrected chi connectivity index (χ2v) is 6.21. The lowest BCUT2D eigenvalue weighted by atomic mass is 10.2. The van der Waals surface area contributed by atoms with Crippen LogP contribution in [-0.4, -0.2) is 19.4 Å². The SMILES string of the molecule is O=c1cc(C(F)(F)F)nc(Nc2ccc([N+](=O)[O-])cc2[N+](=O)[O-])n1Cc1ccccc1. The lowest BCUT2D eigenvalue weighted by Crippen LogP contribution is -2.27. The topological polar surface area (TPSA) is 133 Å². The van der Waals surface area contributed by atoms with Crippen molar-refractivity contribution in [2.75, 3.05) is 5.32 Å². The molecule has 0 spiro atoms. The fourth-order valence-electron chi connectivity index (χ4n) is 2.68. The van der Waals surface area contributed by atoms with Gasteiger partial charge in [0, 0.05) is 12.1 Å². The second kappa shape index (κ2) is 8.22. The summed E-state index contributed by atoms with van der Waals surface area (Å²) in [5.41, 5.74) is -3.70. The van der Waals surface area contributed by atoms with Crippen LogP contribution in [0.5, 0.6) is 0 Å². The normalized spacial score (nSPS) is 11.2. The van der Waals surface area contributed by atoms with Gasteiger partial charge in [-0.05, 0) is 11.6 Å². The van der Waals surface area contributed by atoms with Crippen molar-refractivity contribution in [3.8, 4) is 0 Å². The zero-order chi connectivity index (χ0) is 22.8. The third-order valence-electron chi connectivity index (χ3n) is 4.12. The van der Waals surface area contributed by atoms with E-state index in [1.54, 1.807) is 30.3 Å². The fourth-order valence-corrected chi connectivity index (χ4v) is 2.68. The number of nitrogens with one attached hydrogen (secondary N) is 1. The van der Waals surface area contributed by atoms with Gasteiger partial charge in [-0.3, -0.25) is 29.6 Å². The second-order valence-electron chi connectivity index (χ2n) is 6.21. The number of nitro benzene ring substituents is 2. The van der Waals surface area contributed by atoms with Gasteiger partial charge in [0.1, 0.15) is 5.69 Å². The van der Waals surface area contributed by atoms with Crippen LogP contribution >= 0.6 is 0 Å². The van der Waals surface area contributed by atoms with Crippen molar-refractivity contribution in [2.45, 2.75) is 12.7 Å². The molecule has 0 atom stereocenters. The predicted octanol–water partition coefficient (Wildman–Crippen LogP) is 3.87. The number of non-ortho nitro benzene ring substituents is 1. The van der Waals surface area contributed by atoms with E-state index in [1.165, 1.54) is 0 Å². The summed E-state index contributed by atoms with van der Waals surface area (Å²) < 4.78 is 40.4. The summed E-state index contributed by atoms with van der Waals surface area (Å²) in [6.07, 6.45) is -4.94. The van der Waals surface area contributed by atoms with Crippen LogP contribution in [0.1, 0.15) is 11.3 Å². The van der Waals surface area contributed by atoms with Gasteiger partial charge in [-0.1, -0.05) is 30.3 Å². The molecule has 10 nitrogen and oxygen atoms in total. The first-order chi connectivity index (χ1) is 14.6. The number of alkyl halides is 3. The van der Waals surface area contributed by atoms with Crippen molar-refractivity contribution < 1.29 is 23.0 Å². The van der Waals surface area contributed by atoms with E-state index in [0.717, 1.165) is 16.7 Å². The van der Waals surface area contributed by atoms with Crippen molar-refractivity contribution in [1.82, 2.24) is 9.55 Å². The van der Waals surface area contributed by atoms with Gasteiger partial charge in [0.05, 0.1) is 22.5 Å². The molecule has 0 radical (unpaired) electrons. The van der Waals surface area contributed by atoms with Crippen LogP contribution in [0.2, 0.25) is 0 Å². The highest BCUT2D eigenvalue weighted by Gasteiger charge is 2.34. The lowest BCUT2D eigenvalue weighted by molar-refractivity contribution is -0.393. The van der Waals surface area contributed by atoms with E-state index >= 15 is 0 Å². The Balaban J connectivity index is 2.15. The van der Waals surface area contributed by atoms with Crippen LogP contribution in [0.15, 0.2) is 59.4 Å². The van der Waals surface area contributed by atoms with Gasteiger partial charge >= 0.3 is 6.18 Å². The van der Waals surface area contributed by atoms with E-state index in [9.17, 15) is 38.2 Å². The summed E-state index contributed by atoms with van der Waals surface area (Å²) >= 11 is 0. The summed E-state index contributed by atoms with van der Waals surface area (Å²) in [5.74, 6) is -0.611. The Morgan fingerprint density at radius 1 is 1.00 bits per heavy atom. The summed E-state index contributed by atoms with van der Waals surface area (Å²) in [4.78, 5) is 36.3. The molecule has 0 fully saturated rings. The highest BCUT2D eigenvalue weighted by Crippen LogP contribution is 2.32. The quantitative estimate of drug-likeness (QED) is 0.459. The van der Waals surface area contributed by atoms with Gasteiger partial charge in [0.2, 0.25) is 5.95 Å². The third-order valence-corrected chi connectivity index (χ3v) is 4.12. The molecule has 0 aliphatic heterocycles. The number of aromatic nitrogens is 2. The Morgan fingerprint density at radius 3 is 2.26 bits per heavy atom. The zero-order valence-corrected chi connectivity index (χ0v) is 15.4. The molecule has 3 rings (SSSR count). The minimum atomic E-state index is -4.94. The first-order valence-corrected chi connectivity index (χ1v) is 8.49. The van der Waals surface area contributed by atoms with E-state index in [2.05, 4.69) is 10.3 Å². The molecular weight excluding hydrogens is 423 g/mol. The summed E-state index contributed by atoms with van der Waals surface area (Å²) in [5, 5.41) is 24.6. The number of hydrogen-bond acceptors (Lipinski definition) is 7. The van der Waals surface area contributed by atoms with Crippen LogP contribution in [0, 0.1) is 20.2 Å². The molecular formula is C18H12F3N5O5. The molecule has 1 aromatic heterocycles. The number of anilines is 2. The summed E-state index contributed by atoms with van der Waals surface area (Å²) in [7, 11) is 0. The van der Waals surface area contributed by atoms with Crippen molar-refractivity contribution >= 4 is 23.0 Å². The number of benzene rings is 2. The Labute approximate surface area is 170 Å². The fraction of sp³-hybridized carbons (Fsp3) is 0.111. The van der Waals surface area contributed by atoms with Crippen LogP contribution in [0.3, 0.4) is 0 Å². The highest BCUT2D eigenvalue weighted by molar-refractivity contribution is 5.69. The van der Waals surface area contributed by atoms with Gasteiger partial charge in [0.15, 0.2) is 5.69 Å². The molecule has 0 bridgehead atoms. The smallest absolute Gasteiger partial charge is 0.320 e. The number of hydrogen-bond donors (Lipinski definition) is 1. The molecule has 0 aliphatic carbocycles. The Kier molecular flexibility index (Phi) is 5.68. The first-order valence-electron chi connectivity index (χ1n) is 8.49. The van der Waals surface area contributed by atoms with Gasteiger partial charge in [-0.25, -0.2) is 4.98 Å². The molecule has 0 unspecified atom stereocenters. The minimum Gasteiger partial charge on any atom is -0.320 e. The summed E-state index contributed by atoms with van der Waals surface area (Å²) in [6, 6.07) is 11.1. The molecule has 0 saturated heterocycles. The zero-order valence-electron chi connectivity index (χ0n) is 15.4. The maximum absolute atomic E-state index is 13.2. The molecule has 0 amide bonds. The maximum atomic E-state index is 13.2. The molecule has 3 aromatic rings. The third kappa shape index (κ3) is 4.83. The molecule has 160 valence electrons. The lowest BCUT2D eigenvalue weighted by Gasteiger charge is -2.16. The van der Waals surface area contributed by atoms with E-state index in [1.807, 2.05) is 0 Å². The predicted molar refractivity (Wildman–Crippen MR) is 102 cm³/mol. The van der Waals surface area contributed by atoms with Crippen LogP contribution in [0.4, 0.5) is 36.2 Å². The first kappa shape index (κ1) is 21.4. The molecule has 2 aromatic carbocycles. The molecule has 1 heterocycles. The van der Waals surface area contributed by atoms with E-state index in [0.29, 0.717) is 17.7 Å². The minimum absolute atomic E-state index is 0.173. The van der Waals surface area contributed by atoms with E-state index in [4.69, 9.17) is 0 Å². The number of halogens is 3. The van der Waals surface area contributed by atoms with E-state index < -0.39 is 44.6 Å². The average molecular weight is 435 g/mol.